The molecule has 1 N–H and O–H groups in total. The second-order valence-electron chi connectivity index (χ2n) is 6.95. The van der Waals surface area contributed by atoms with E-state index in [1.54, 1.807) is 0 Å². The van der Waals surface area contributed by atoms with Gasteiger partial charge in [0.1, 0.15) is 0 Å². The number of fused-ring (bicyclic) bond motifs is 1. The summed E-state index contributed by atoms with van der Waals surface area (Å²) in [4.78, 5) is 2.40. The largest absolute Gasteiger partial charge is 0.378 e. The topological polar surface area (TPSA) is 42.3 Å². The van der Waals surface area contributed by atoms with Gasteiger partial charge >= 0.3 is 0 Å². The van der Waals surface area contributed by atoms with Crippen LogP contribution in [0.15, 0.2) is 30.5 Å². The van der Waals surface area contributed by atoms with Crippen molar-refractivity contribution in [1.82, 2.24) is 15.1 Å². The Morgan fingerprint density at radius 3 is 2.76 bits per heavy atom. The van der Waals surface area contributed by atoms with Crippen LogP contribution in [0, 0.1) is 0 Å². The zero-order valence-electron chi connectivity index (χ0n) is 15.1. The van der Waals surface area contributed by atoms with E-state index in [4.69, 9.17) is 4.74 Å². The van der Waals surface area contributed by atoms with Crippen LogP contribution in [0.1, 0.15) is 42.6 Å². The van der Waals surface area contributed by atoms with Crippen LogP contribution >= 0.6 is 0 Å². The van der Waals surface area contributed by atoms with Gasteiger partial charge in [0.25, 0.3) is 0 Å². The normalized spacial score (nSPS) is 20.5. The third kappa shape index (κ3) is 3.58. The molecule has 5 nitrogen and oxygen atoms in total. The van der Waals surface area contributed by atoms with Gasteiger partial charge in [0.05, 0.1) is 19.4 Å². The summed E-state index contributed by atoms with van der Waals surface area (Å²) in [5.41, 5.74) is 5.47. The zero-order valence-corrected chi connectivity index (χ0v) is 15.1. The molecule has 1 atom stereocenters. The van der Waals surface area contributed by atoms with Crippen LogP contribution in [0.4, 0.5) is 5.69 Å². The Bertz CT molecular complexity index is 688. The van der Waals surface area contributed by atoms with Crippen molar-refractivity contribution >= 4 is 5.69 Å². The molecule has 1 aromatic carbocycles. The summed E-state index contributed by atoms with van der Waals surface area (Å²) in [6.45, 7) is 7.68. The molecule has 0 amide bonds. The maximum atomic E-state index is 5.43. The molecule has 0 bridgehead atoms. The van der Waals surface area contributed by atoms with E-state index >= 15 is 0 Å². The van der Waals surface area contributed by atoms with Crippen LogP contribution in [0.3, 0.4) is 0 Å². The Labute approximate surface area is 150 Å². The van der Waals surface area contributed by atoms with Gasteiger partial charge in [0, 0.05) is 49.2 Å². The Hall–Kier alpha value is -1.85. The molecule has 2 heterocycles. The average Bonchev–Trinajstić information content (AvgIpc) is 3.11. The standard InChI is InChI=1S/C20H28N4O/c1-2-24-20-5-3-4-19(18(20)15-22-24)21-14-16-6-8-17(9-7-16)23-10-12-25-13-11-23/h6-9,15,19,21H,2-5,10-14H2,1H3. The highest BCUT2D eigenvalue weighted by molar-refractivity contribution is 5.48. The van der Waals surface area contributed by atoms with E-state index in [1.165, 1.54) is 35.3 Å². The zero-order chi connectivity index (χ0) is 17.1. The number of morpholine rings is 1. The Morgan fingerprint density at radius 1 is 1.20 bits per heavy atom. The van der Waals surface area contributed by atoms with Gasteiger partial charge in [0.15, 0.2) is 0 Å². The maximum Gasteiger partial charge on any atom is 0.0642 e. The molecule has 1 saturated heterocycles. The first-order valence-corrected chi connectivity index (χ1v) is 9.54. The first-order valence-electron chi connectivity index (χ1n) is 9.54. The minimum absolute atomic E-state index is 0.433. The number of ether oxygens (including phenoxy) is 1. The van der Waals surface area contributed by atoms with E-state index in [1.807, 2.05) is 0 Å². The van der Waals surface area contributed by atoms with Crippen LogP contribution in [0.25, 0.3) is 0 Å². The summed E-state index contributed by atoms with van der Waals surface area (Å²) in [7, 11) is 0. The number of anilines is 1. The minimum Gasteiger partial charge on any atom is -0.378 e. The summed E-state index contributed by atoms with van der Waals surface area (Å²) >= 11 is 0. The first kappa shape index (κ1) is 16.6. The van der Waals surface area contributed by atoms with Gasteiger partial charge < -0.3 is 15.0 Å². The summed E-state index contributed by atoms with van der Waals surface area (Å²) < 4.78 is 7.58. The van der Waals surface area contributed by atoms with Crippen molar-refractivity contribution in [3.63, 3.8) is 0 Å². The van der Waals surface area contributed by atoms with Gasteiger partial charge in [-0.25, -0.2) is 0 Å². The van der Waals surface area contributed by atoms with E-state index in [9.17, 15) is 0 Å². The molecule has 134 valence electrons. The number of nitrogens with one attached hydrogen (secondary N) is 1. The fourth-order valence-corrected chi connectivity index (χ4v) is 3.99. The number of hydrogen-bond acceptors (Lipinski definition) is 4. The lowest BCUT2D eigenvalue weighted by Gasteiger charge is -2.29. The molecule has 0 spiro atoms. The molecule has 1 aliphatic heterocycles. The Kier molecular flexibility index (Phi) is 5.04. The third-order valence-electron chi connectivity index (χ3n) is 5.43. The molecule has 0 saturated carbocycles. The van der Waals surface area contributed by atoms with E-state index in [0.29, 0.717) is 6.04 Å². The Balaban J connectivity index is 1.38. The first-order chi connectivity index (χ1) is 12.3. The number of aromatic nitrogens is 2. The lowest BCUT2D eigenvalue weighted by atomic mass is 9.93. The highest BCUT2D eigenvalue weighted by Crippen LogP contribution is 2.30. The molecule has 2 aromatic rings. The Morgan fingerprint density at radius 2 is 2.00 bits per heavy atom. The lowest BCUT2D eigenvalue weighted by molar-refractivity contribution is 0.122. The van der Waals surface area contributed by atoms with Crippen LogP contribution in [-0.2, 0) is 24.2 Å². The predicted octanol–water partition coefficient (Wildman–Crippen LogP) is 2.91. The van der Waals surface area contributed by atoms with E-state index < -0.39 is 0 Å². The van der Waals surface area contributed by atoms with Crippen molar-refractivity contribution in [1.29, 1.82) is 0 Å². The maximum absolute atomic E-state index is 5.43. The second kappa shape index (κ2) is 7.58. The molecule has 1 aliphatic carbocycles. The van der Waals surface area contributed by atoms with Crippen molar-refractivity contribution in [3.8, 4) is 0 Å². The van der Waals surface area contributed by atoms with Crippen molar-refractivity contribution < 1.29 is 4.74 Å². The van der Waals surface area contributed by atoms with Gasteiger partial charge in [0.2, 0.25) is 0 Å². The van der Waals surface area contributed by atoms with Gasteiger partial charge in [-0.2, -0.15) is 5.10 Å². The molecule has 0 radical (unpaired) electrons. The molecule has 1 fully saturated rings. The molecule has 1 unspecified atom stereocenters. The molecule has 25 heavy (non-hydrogen) atoms. The minimum atomic E-state index is 0.433. The summed E-state index contributed by atoms with van der Waals surface area (Å²) in [6, 6.07) is 9.41. The monoisotopic (exact) mass is 340 g/mol. The molecular formula is C20H28N4O. The quantitative estimate of drug-likeness (QED) is 0.909. The van der Waals surface area contributed by atoms with Crippen molar-refractivity contribution in [2.24, 2.45) is 0 Å². The van der Waals surface area contributed by atoms with Gasteiger partial charge in [-0.1, -0.05) is 12.1 Å². The second-order valence-corrected chi connectivity index (χ2v) is 6.95. The number of benzene rings is 1. The van der Waals surface area contributed by atoms with Crippen LogP contribution in [0.5, 0.6) is 0 Å². The summed E-state index contributed by atoms with van der Waals surface area (Å²) in [5.74, 6) is 0. The van der Waals surface area contributed by atoms with E-state index in [-0.39, 0.29) is 0 Å². The third-order valence-corrected chi connectivity index (χ3v) is 5.43. The number of hydrogen-bond donors (Lipinski definition) is 1. The smallest absolute Gasteiger partial charge is 0.0642 e. The number of rotatable bonds is 5. The van der Waals surface area contributed by atoms with Crippen molar-refractivity contribution in [3.05, 3.63) is 47.3 Å². The van der Waals surface area contributed by atoms with Crippen LogP contribution < -0.4 is 10.2 Å². The molecule has 2 aliphatic rings. The molecular weight excluding hydrogens is 312 g/mol. The highest BCUT2D eigenvalue weighted by Gasteiger charge is 2.23. The number of nitrogens with zero attached hydrogens (tertiary/aromatic N) is 3. The summed E-state index contributed by atoms with van der Waals surface area (Å²) in [5, 5.41) is 8.29. The van der Waals surface area contributed by atoms with Gasteiger partial charge in [-0.15, -0.1) is 0 Å². The van der Waals surface area contributed by atoms with Crippen LogP contribution in [-0.4, -0.2) is 36.1 Å². The van der Waals surface area contributed by atoms with E-state index in [2.05, 4.69) is 57.4 Å². The van der Waals surface area contributed by atoms with E-state index in [0.717, 1.165) is 45.8 Å². The molecule has 5 heteroatoms. The average molecular weight is 340 g/mol. The van der Waals surface area contributed by atoms with Gasteiger partial charge in [-0.05, 0) is 43.9 Å². The highest BCUT2D eigenvalue weighted by atomic mass is 16.5. The fraction of sp³-hybridized carbons (Fsp3) is 0.550. The lowest BCUT2D eigenvalue weighted by Crippen LogP contribution is -2.36. The van der Waals surface area contributed by atoms with Gasteiger partial charge in [-0.3, -0.25) is 4.68 Å². The van der Waals surface area contributed by atoms with Crippen LogP contribution in [0.2, 0.25) is 0 Å². The number of aryl methyl sites for hydroxylation is 1. The summed E-state index contributed by atoms with van der Waals surface area (Å²) in [6.07, 6.45) is 5.67. The SMILES string of the molecule is CCn1ncc2c1CCCC2NCc1ccc(N2CCOCC2)cc1. The van der Waals surface area contributed by atoms with Crippen molar-refractivity contribution in [2.45, 2.75) is 45.3 Å². The molecule has 1 aromatic heterocycles. The molecule has 4 rings (SSSR count). The fourth-order valence-electron chi connectivity index (χ4n) is 3.99. The van der Waals surface area contributed by atoms with Crippen molar-refractivity contribution in [2.75, 3.05) is 31.2 Å². The predicted molar refractivity (Wildman–Crippen MR) is 99.9 cm³/mol.